The summed E-state index contributed by atoms with van der Waals surface area (Å²) < 4.78 is 0. The Hall–Kier alpha value is -2.20. The normalized spacial score (nSPS) is 11.7. The maximum absolute atomic E-state index is 12.6. The molecule has 2 aromatic rings. The quantitative estimate of drug-likeness (QED) is 0.882. The molecule has 0 saturated carbocycles. The van der Waals surface area contributed by atoms with Crippen molar-refractivity contribution in [1.82, 2.24) is 0 Å². The predicted molar refractivity (Wildman–Crippen MR) is 90.6 cm³/mol. The van der Waals surface area contributed by atoms with Gasteiger partial charge in [0.2, 0.25) is 5.91 Å². The van der Waals surface area contributed by atoms with Gasteiger partial charge in [0.25, 0.3) is 0 Å². The van der Waals surface area contributed by atoms with Crippen molar-refractivity contribution < 1.29 is 4.79 Å². The van der Waals surface area contributed by atoms with E-state index in [2.05, 4.69) is 0 Å². The van der Waals surface area contributed by atoms with Crippen LogP contribution < -0.4 is 10.6 Å². The predicted octanol–water partition coefficient (Wildman–Crippen LogP) is 3.09. The number of carbonyl (C=O) groups is 1. The fourth-order valence-electron chi connectivity index (χ4n) is 2.17. The van der Waals surface area contributed by atoms with Crippen molar-refractivity contribution >= 4 is 28.8 Å². The van der Waals surface area contributed by atoms with Crippen molar-refractivity contribution in [3.8, 4) is 0 Å². The summed E-state index contributed by atoms with van der Waals surface area (Å²) in [5.74, 6) is -0.175. The van der Waals surface area contributed by atoms with Crippen LogP contribution in [0, 0.1) is 0 Å². The Kier molecular flexibility index (Phi) is 4.70. The van der Waals surface area contributed by atoms with Gasteiger partial charge in [0.05, 0.1) is 5.92 Å². The van der Waals surface area contributed by atoms with Gasteiger partial charge in [-0.1, -0.05) is 54.7 Å². The SMILES string of the molecule is CC(C(=O)N(C)c1cccc(C(N)=S)c1)c1ccccc1. The molecule has 1 unspecified atom stereocenters. The van der Waals surface area contributed by atoms with Crippen LogP contribution >= 0.6 is 12.2 Å². The van der Waals surface area contributed by atoms with E-state index in [1.54, 1.807) is 11.9 Å². The molecule has 108 valence electrons. The molecule has 0 spiro atoms. The second-order valence-corrected chi connectivity index (χ2v) is 5.38. The van der Waals surface area contributed by atoms with Crippen molar-refractivity contribution in [2.45, 2.75) is 12.8 Å². The molecular formula is C17H18N2OS. The van der Waals surface area contributed by atoms with Crippen molar-refractivity contribution in [2.75, 3.05) is 11.9 Å². The third-order valence-corrected chi connectivity index (χ3v) is 3.75. The molecule has 0 aromatic heterocycles. The van der Waals surface area contributed by atoms with Gasteiger partial charge in [-0.25, -0.2) is 0 Å². The van der Waals surface area contributed by atoms with Crippen LogP contribution in [-0.2, 0) is 4.79 Å². The minimum Gasteiger partial charge on any atom is -0.389 e. The Bertz CT molecular complexity index is 655. The molecule has 1 amide bonds. The van der Waals surface area contributed by atoms with Crippen molar-refractivity contribution in [2.24, 2.45) is 5.73 Å². The van der Waals surface area contributed by atoms with Crippen molar-refractivity contribution in [1.29, 1.82) is 0 Å². The van der Waals surface area contributed by atoms with Gasteiger partial charge < -0.3 is 10.6 Å². The number of nitrogens with two attached hydrogens (primary N) is 1. The highest BCUT2D eigenvalue weighted by Crippen LogP contribution is 2.22. The largest absolute Gasteiger partial charge is 0.389 e. The lowest BCUT2D eigenvalue weighted by atomic mass is 9.99. The van der Waals surface area contributed by atoms with E-state index in [4.69, 9.17) is 18.0 Å². The first-order valence-corrected chi connectivity index (χ1v) is 7.14. The van der Waals surface area contributed by atoms with Gasteiger partial charge in [0.1, 0.15) is 4.99 Å². The number of hydrogen-bond acceptors (Lipinski definition) is 2. The molecule has 0 saturated heterocycles. The zero-order valence-electron chi connectivity index (χ0n) is 12.1. The Balaban J connectivity index is 2.23. The summed E-state index contributed by atoms with van der Waals surface area (Å²) in [6.45, 7) is 1.91. The van der Waals surface area contributed by atoms with Gasteiger partial charge in [-0.05, 0) is 24.6 Å². The summed E-state index contributed by atoms with van der Waals surface area (Å²) in [5.41, 5.74) is 8.18. The van der Waals surface area contributed by atoms with Crippen LogP contribution in [-0.4, -0.2) is 17.9 Å². The average Bonchev–Trinajstić information content (AvgIpc) is 2.53. The first-order chi connectivity index (χ1) is 10.0. The van der Waals surface area contributed by atoms with E-state index in [1.165, 1.54) is 0 Å². The molecule has 21 heavy (non-hydrogen) atoms. The Morgan fingerprint density at radius 3 is 2.43 bits per heavy atom. The first-order valence-electron chi connectivity index (χ1n) is 6.73. The number of rotatable bonds is 4. The Labute approximate surface area is 130 Å². The van der Waals surface area contributed by atoms with Crippen LogP contribution in [0.1, 0.15) is 24.0 Å². The van der Waals surface area contributed by atoms with Gasteiger partial charge in [0, 0.05) is 18.3 Å². The second kappa shape index (κ2) is 6.50. The van der Waals surface area contributed by atoms with Gasteiger partial charge in [-0.15, -0.1) is 0 Å². The molecule has 0 aliphatic heterocycles. The van der Waals surface area contributed by atoms with Crippen LogP contribution in [0.4, 0.5) is 5.69 Å². The maximum atomic E-state index is 12.6. The summed E-state index contributed by atoms with van der Waals surface area (Å²) in [7, 11) is 1.76. The van der Waals surface area contributed by atoms with Crippen molar-refractivity contribution in [3.05, 3.63) is 65.7 Å². The highest BCUT2D eigenvalue weighted by Gasteiger charge is 2.20. The van der Waals surface area contributed by atoms with E-state index in [0.29, 0.717) is 4.99 Å². The first kappa shape index (κ1) is 15.2. The lowest BCUT2D eigenvalue weighted by Gasteiger charge is -2.22. The van der Waals surface area contributed by atoms with Gasteiger partial charge in [-0.3, -0.25) is 4.79 Å². The van der Waals surface area contributed by atoms with E-state index < -0.39 is 0 Å². The summed E-state index contributed by atoms with van der Waals surface area (Å²) >= 11 is 4.98. The number of likely N-dealkylation sites (N-methyl/N-ethyl adjacent to an activating group) is 1. The molecule has 0 aliphatic carbocycles. The lowest BCUT2D eigenvalue weighted by Crippen LogP contribution is -2.30. The van der Waals surface area contributed by atoms with Gasteiger partial charge >= 0.3 is 0 Å². The van der Waals surface area contributed by atoms with E-state index >= 15 is 0 Å². The number of amides is 1. The monoisotopic (exact) mass is 298 g/mol. The standard InChI is InChI=1S/C17H18N2OS/c1-12(13-7-4-3-5-8-13)17(20)19(2)15-10-6-9-14(11-15)16(18)21/h3-12H,1-2H3,(H2,18,21). The summed E-state index contributed by atoms with van der Waals surface area (Å²) in [4.78, 5) is 14.6. The third kappa shape index (κ3) is 3.47. The van der Waals surface area contributed by atoms with Crippen LogP contribution in [0.15, 0.2) is 54.6 Å². The maximum Gasteiger partial charge on any atom is 0.233 e. The molecule has 0 heterocycles. The zero-order valence-corrected chi connectivity index (χ0v) is 12.9. The number of nitrogens with zero attached hydrogens (tertiary/aromatic N) is 1. The summed E-state index contributed by atoms with van der Waals surface area (Å²) in [6.07, 6.45) is 0. The number of benzene rings is 2. The van der Waals surface area contributed by atoms with Gasteiger partial charge in [-0.2, -0.15) is 0 Å². The van der Waals surface area contributed by atoms with Crippen molar-refractivity contribution in [3.63, 3.8) is 0 Å². The molecule has 0 aliphatic rings. The fourth-order valence-corrected chi connectivity index (χ4v) is 2.30. The molecule has 0 fully saturated rings. The molecule has 1 atom stereocenters. The average molecular weight is 298 g/mol. The smallest absolute Gasteiger partial charge is 0.233 e. The zero-order chi connectivity index (χ0) is 15.4. The molecule has 3 nitrogen and oxygen atoms in total. The number of anilines is 1. The van der Waals surface area contributed by atoms with Crippen LogP contribution in [0.2, 0.25) is 0 Å². The number of hydrogen-bond donors (Lipinski definition) is 1. The Morgan fingerprint density at radius 2 is 1.81 bits per heavy atom. The Morgan fingerprint density at radius 1 is 1.14 bits per heavy atom. The molecule has 0 bridgehead atoms. The molecule has 4 heteroatoms. The molecular weight excluding hydrogens is 280 g/mol. The number of carbonyl (C=O) groups excluding carboxylic acids is 1. The van der Waals surface area contributed by atoms with Crippen LogP contribution in [0.25, 0.3) is 0 Å². The van der Waals surface area contributed by atoms with Crippen LogP contribution in [0.3, 0.4) is 0 Å². The molecule has 2 aromatic carbocycles. The molecule has 2 rings (SSSR count). The highest BCUT2D eigenvalue weighted by molar-refractivity contribution is 7.80. The summed E-state index contributed by atoms with van der Waals surface area (Å²) in [6, 6.07) is 17.1. The van der Waals surface area contributed by atoms with E-state index in [9.17, 15) is 4.79 Å². The van der Waals surface area contributed by atoms with E-state index in [0.717, 1.165) is 16.8 Å². The van der Waals surface area contributed by atoms with Crippen LogP contribution in [0.5, 0.6) is 0 Å². The second-order valence-electron chi connectivity index (χ2n) is 4.94. The topological polar surface area (TPSA) is 46.3 Å². The third-order valence-electron chi connectivity index (χ3n) is 3.52. The molecule has 0 radical (unpaired) electrons. The highest BCUT2D eigenvalue weighted by atomic mass is 32.1. The number of thiocarbonyl (C=S) groups is 1. The minimum absolute atomic E-state index is 0.0290. The summed E-state index contributed by atoms with van der Waals surface area (Å²) in [5, 5.41) is 0. The minimum atomic E-state index is -0.204. The fraction of sp³-hybridized carbons (Fsp3) is 0.176. The lowest BCUT2D eigenvalue weighted by molar-refractivity contribution is -0.119. The van der Waals surface area contributed by atoms with Gasteiger partial charge in [0.15, 0.2) is 0 Å². The molecule has 2 N–H and O–H groups in total. The van der Waals surface area contributed by atoms with E-state index in [-0.39, 0.29) is 11.8 Å². The van der Waals surface area contributed by atoms with E-state index in [1.807, 2.05) is 61.5 Å².